The van der Waals surface area contributed by atoms with Crippen LogP contribution in [-0.4, -0.2) is 50.2 Å². The number of aryl methyl sites for hydroxylation is 2. The topological polar surface area (TPSA) is 79.3 Å². The Labute approximate surface area is 148 Å². The summed E-state index contributed by atoms with van der Waals surface area (Å²) in [6, 6.07) is 0.439. The quantitative estimate of drug-likeness (QED) is 0.839. The first-order chi connectivity index (χ1) is 12.1. The van der Waals surface area contributed by atoms with Gasteiger partial charge in [0.1, 0.15) is 11.5 Å². The SMILES string of the molecule is Cc1c(CNC2CCc3onc(CN4CC[C@@H](O)C4)c3C2)cnn1C. The fraction of sp³-hybridized carbons (Fsp3) is 0.667. The largest absolute Gasteiger partial charge is 0.392 e. The molecule has 7 nitrogen and oxygen atoms in total. The number of nitrogens with zero attached hydrogens (tertiary/aromatic N) is 4. The van der Waals surface area contributed by atoms with E-state index in [-0.39, 0.29) is 6.10 Å². The van der Waals surface area contributed by atoms with Crippen LogP contribution >= 0.6 is 0 Å². The van der Waals surface area contributed by atoms with E-state index in [1.807, 2.05) is 17.9 Å². The van der Waals surface area contributed by atoms with E-state index in [0.717, 1.165) is 63.3 Å². The molecular weight excluding hydrogens is 318 g/mol. The summed E-state index contributed by atoms with van der Waals surface area (Å²) in [6.07, 6.45) is 5.58. The zero-order valence-electron chi connectivity index (χ0n) is 15.0. The van der Waals surface area contributed by atoms with Crippen molar-refractivity contribution in [1.82, 2.24) is 25.2 Å². The highest BCUT2D eigenvalue weighted by Crippen LogP contribution is 2.26. The van der Waals surface area contributed by atoms with Gasteiger partial charge in [-0.2, -0.15) is 5.10 Å². The number of nitrogens with one attached hydrogen (secondary N) is 1. The molecule has 3 heterocycles. The van der Waals surface area contributed by atoms with Crippen LogP contribution in [0.5, 0.6) is 0 Å². The summed E-state index contributed by atoms with van der Waals surface area (Å²) in [5.41, 5.74) is 4.79. The van der Waals surface area contributed by atoms with Gasteiger partial charge in [0.2, 0.25) is 0 Å². The van der Waals surface area contributed by atoms with Crippen molar-refractivity contribution in [2.75, 3.05) is 13.1 Å². The highest BCUT2D eigenvalue weighted by Gasteiger charge is 2.28. The standard InChI is InChI=1S/C18H27N5O2/c1-12-13(9-20-22(12)2)8-19-14-3-4-18-16(7-14)17(21-25-18)11-23-6-5-15(24)10-23/h9,14-15,19,24H,3-8,10-11H2,1-2H3/t14?,15-/m1/s1. The van der Waals surface area contributed by atoms with Crippen LogP contribution in [0.2, 0.25) is 0 Å². The van der Waals surface area contributed by atoms with Gasteiger partial charge in [-0.05, 0) is 26.2 Å². The number of hydrogen-bond acceptors (Lipinski definition) is 6. The molecule has 0 spiro atoms. The van der Waals surface area contributed by atoms with Crippen molar-refractivity contribution in [3.63, 3.8) is 0 Å². The molecule has 2 aromatic heterocycles. The normalized spacial score (nSPS) is 24.0. The van der Waals surface area contributed by atoms with Crippen molar-refractivity contribution in [2.45, 2.75) is 57.8 Å². The van der Waals surface area contributed by atoms with Crippen LogP contribution in [0.3, 0.4) is 0 Å². The second-order valence-corrected chi connectivity index (χ2v) is 7.41. The predicted octanol–water partition coefficient (Wildman–Crippen LogP) is 0.930. The maximum absolute atomic E-state index is 9.71. The van der Waals surface area contributed by atoms with Gasteiger partial charge in [-0.1, -0.05) is 5.16 Å². The monoisotopic (exact) mass is 345 g/mol. The predicted molar refractivity (Wildman–Crippen MR) is 93.0 cm³/mol. The minimum atomic E-state index is -0.195. The number of hydrogen-bond donors (Lipinski definition) is 2. The van der Waals surface area contributed by atoms with E-state index in [4.69, 9.17) is 4.52 Å². The summed E-state index contributed by atoms with van der Waals surface area (Å²) in [4.78, 5) is 2.26. The van der Waals surface area contributed by atoms with Gasteiger partial charge in [0, 0.05) is 62.5 Å². The fourth-order valence-electron chi connectivity index (χ4n) is 3.90. The highest BCUT2D eigenvalue weighted by molar-refractivity contribution is 5.27. The molecule has 1 aliphatic heterocycles. The van der Waals surface area contributed by atoms with Gasteiger partial charge >= 0.3 is 0 Å². The van der Waals surface area contributed by atoms with Crippen molar-refractivity contribution < 1.29 is 9.63 Å². The number of rotatable bonds is 5. The third-order valence-electron chi connectivity index (χ3n) is 5.66. The number of aliphatic hydroxyl groups excluding tert-OH is 1. The molecule has 1 saturated heterocycles. The molecule has 2 N–H and O–H groups in total. The number of aliphatic hydroxyl groups is 1. The Morgan fingerprint density at radius 2 is 2.28 bits per heavy atom. The van der Waals surface area contributed by atoms with Crippen molar-refractivity contribution in [3.8, 4) is 0 Å². The Bertz CT molecular complexity index is 738. The summed E-state index contributed by atoms with van der Waals surface area (Å²) < 4.78 is 7.49. The minimum Gasteiger partial charge on any atom is -0.392 e. The zero-order valence-corrected chi connectivity index (χ0v) is 15.0. The van der Waals surface area contributed by atoms with Gasteiger partial charge in [-0.25, -0.2) is 0 Å². The average molecular weight is 345 g/mol. The first kappa shape index (κ1) is 16.8. The molecule has 7 heteroatoms. The van der Waals surface area contributed by atoms with Gasteiger partial charge in [0.05, 0.1) is 12.3 Å². The average Bonchev–Trinajstić information content (AvgIpc) is 3.28. The van der Waals surface area contributed by atoms with E-state index in [0.29, 0.717) is 6.04 Å². The van der Waals surface area contributed by atoms with Crippen molar-refractivity contribution in [3.05, 3.63) is 34.5 Å². The van der Waals surface area contributed by atoms with Gasteiger partial charge < -0.3 is 14.9 Å². The molecule has 2 atom stereocenters. The number of fused-ring (bicyclic) bond motifs is 1. The van der Waals surface area contributed by atoms with E-state index in [9.17, 15) is 5.11 Å². The van der Waals surface area contributed by atoms with Crippen LogP contribution in [-0.2, 0) is 33.0 Å². The molecular formula is C18H27N5O2. The third kappa shape index (κ3) is 3.49. The van der Waals surface area contributed by atoms with Crippen molar-refractivity contribution in [2.24, 2.45) is 7.05 Å². The first-order valence-corrected chi connectivity index (χ1v) is 9.17. The summed E-state index contributed by atoms with van der Waals surface area (Å²) in [5.74, 6) is 1.05. The lowest BCUT2D eigenvalue weighted by Gasteiger charge is -2.23. The summed E-state index contributed by atoms with van der Waals surface area (Å²) in [6.45, 7) is 5.41. The Morgan fingerprint density at radius 1 is 1.40 bits per heavy atom. The minimum absolute atomic E-state index is 0.195. The zero-order chi connectivity index (χ0) is 17.4. The Balaban J connectivity index is 1.38. The van der Waals surface area contributed by atoms with Crippen LogP contribution in [0.4, 0.5) is 0 Å². The fourth-order valence-corrected chi connectivity index (χ4v) is 3.90. The molecule has 1 aliphatic carbocycles. The lowest BCUT2D eigenvalue weighted by atomic mass is 9.92. The molecule has 2 aromatic rings. The molecule has 136 valence electrons. The molecule has 25 heavy (non-hydrogen) atoms. The summed E-state index contributed by atoms with van der Waals surface area (Å²) in [7, 11) is 1.98. The smallest absolute Gasteiger partial charge is 0.140 e. The van der Waals surface area contributed by atoms with E-state index in [1.54, 1.807) is 0 Å². The Kier molecular flexibility index (Phi) is 4.62. The molecule has 2 aliphatic rings. The number of likely N-dealkylation sites (tertiary alicyclic amines) is 1. The highest BCUT2D eigenvalue weighted by atomic mass is 16.5. The van der Waals surface area contributed by atoms with Gasteiger partial charge in [-0.3, -0.25) is 9.58 Å². The van der Waals surface area contributed by atoms with Gasteiger partial charge in [-0.15, -0.1) is 0 Å². The second-order valence-electron chi connectivity index (χ2n) is 7.41. The lowest BCUT2D eigenvalue weighted by molar-refractivity contribution is 0.173. The van der Waals surface area contributed by atoms with E-state index in [2.05, 4.69) is 27.4 Å². The van der Waals surface area contributed by atoms with E-state index in [1.165, 1.54) is 16.8 Å². The molecule has 4 rings (SSSR count). The molecule has 0 saturated carbocycles. The maximum Gasteiger partial charge on any atom is 0.140 e. The van der Waals surface area contributed by atoms with Crippen LogP contribution in [0.1, 0.15) is 41.1 Å². The molecule has 0 radical (unpaired) electrons. The lowest BCUT2D eigenvalue weighted by Crippen LogP contribution is -2.34. The second kappa shape index (κ2) is 6.90. The number of β-amino-alcohol motifs (C(OH)–C–C–N with tert-alkyl or cyclic N) is 1. The summed E-state index contributed by atoms with van der Waals surface area (Å²) in [5, 5.41) is 22.0. The number of aromatic nitrogens is 3. The van der Waals surface area contributed by atoms with Crippen molar-refractivity contribution >= 4 is 0 Å². The van der Waals surface area contributed by atoms with Crippen LogP contribution in [0.15, 0.2) is 10.7 Å². The molecule has 1 fully saturated rings. The Morgan fingerprint density at radius 3 is 3.00 bits per heavy atom. The van der Waals surface area contributed by atoms with Crippen LogP contribution < -0.4 is 5.32 Å². The Hall–Kier alpha value is -1.70. The van der Waals surface area contributed by atoms with Crippen LogP contribution in [0, 0.1) is 6.92 Å². The first-order valence-electron chi connectivity index (χ1n) is 9.17. The van der Waals surface area contributed by atoms with E-state index < -0.39 is 0 Å². The van der Waals surface area contributed by atoms with Crippen LogP contribution in [0.25, 0.3) is 0 Å². The summed E-state index contributed by atoms with van der Waals surface area (Å²) >= 11 is 0. The molecule has 0 amide bonds. The van der Waals surface area contributed by atoms with Gasteiger partial charge in [0.25, 0.3) is 0 Å². The van der Waals surface area contributed by atoms with Crippen molar-refractivity contribution in [1.29, 1.82) is 0 Å². The molecule has 1 unspecified atom stereocenters. The third-order valence-corrected chi connectivity index (χ3v) is 5.66. The molecule has 0 aromatic carbocycles. The van der Waals surface area contributed by atoms with E-state index >= 15 is 0 Å². The molecule has 0 bridgehead atoms. The van der Waals surface area contributed by atoms with Gasteiger partial charge in [0.15, 0.2) is 0 Å². The maximum atomic E-state index is 9.71.